The highest BCUT2D eigenvalue weighted by molar-refractivity contribution is 5.71. The number of hydrogen-bond acceptors (Lipinski definition) is 3. The number of carbonyl (C=O) groups is 2. The van der Waals surface area contributed by atoms with Gasteiger partial charge in [-0.05, 0) is 38.5 Å². The van der Waals surface area contributed by atoms with Gasteiger partial charge in [-0.3, -0.25) is 9.59 Å². The van der Waals surface area contributed by atoms with Gasteiger partial charge in [0.1, 0.15) is 6.10 Å². The van der Waals surface area contributed by atoms with E-state index in [1.54, 1.807) is 0 Å². The zero-order valence-corrected chi connectivity index (χ0v) is 16.3. The Balaban J connectivity index is 3.44. The van der Waals surface area contributed by atoms with Crippen molar-refractivity contribution in [2.75, 3.05) is 0 Å². The Labute approximate surface area is 154 Å². The van der Waals surface area contributed by atoms with E-state index in [2.05, 4.69) is 19.1 Å². The van der Waals surface area contributed by atoms with Crippen LogP contribution in [0.25, 0.3) is 0 Å². The van der Waals surface area contributed by atoms with Gasteiger partial charge in [-0.15, -0.1) is 0 Å². The van der Waals surface area contributed by atoms with Crippen molar-refractivity contribution in [2.45, 2.75) is 110 Å². The lowest BCUT2D eigenvalue weighted by molar-refractivity contribution is -0.153. The number of ether oxygens (including phenoxy) is 1. The normalized spacial score (nSPS) is 12.4. The van der Waals surface area contributed by atoms with Crippen molar-refractivity contribution < 1.29 is 19.4 Å². The minimum Gasteiger partial charge on any atom is -0.481 e. The van der Waals surface area contributed by atoms with E-state index < -0.39 is 12.1 Å². The average Bonchev–Trinajstić information content (AvgIpc) is 2.58. The molecule has 4 nitrogen and oxygen atoms in total. The molecule has 25 heavy (non-hydrogen) atoms. The maximum absolute atomic E-state index is 11.7. The van der Waals surface area contributed by atoms with E-state index in [1.165, 1.54) is 44.9 Å². The van der Waals surface area contributed by atoms with Crippen molar-refractivity contribution in [1.29, 1.82) is 0 Å². The standard InChI is InChI=1S/C21H38O4/c1-3-5-6-7-8-9-10-11-12-13-14-15-16-17-21(24)25-19(4-2)18-20(22)23/h9-10,19H,3-8,11-18H2,1-2H3,(H,22,23)/b10-9-. The Hall–Kier alpha value is -1.32. The summed E-state index contributed by atoms with van der Waals surface area (Å²) in [4.78, 5) is 22.3. The lowest BCUT2D eigenvalue weighted by atomic mass is 10.1. The van der Waals surface area contributed by atoms with Gasteiger partial charge in [-0.2, -0.15) is 0 Å². The average molecular weight is 355 g/mol. The first-order chi connectivity index (χ1) is 12.1. The number of carbonyl (C=O) groups excluding carboxylic acids is 1. The molecule has 146 valence electrons. The van der Waals surface area contributed by atoms with Crippen molar-refractivity contribution in [3.8, 4) is 0 Å². The summed E-state index contributed by atoms with van der Waals surface area (Å²) in [5, 5.41) is 8.73. The first kappa shape index (κ1) is 23.7. The summed E-state index contributed by atoms with van der Waals surface area (Å²) in [6, 6.07) is 0. The van der Waals surface area contributed by atoms with Gasteiger partial charge in [0.2, 0.25) is 0 Å². The van der Waals surface area contributed by atoms with Gasteiger partial charge >= 0.3 is 11.9 Å². The van der Waals surface area contributed by atoms with Crippen LogP contribution in [0, 0.1) is 0 Å². The molecule has 0 aromatic rings. The topological polar surface area (TPSA) is 63.6 Å². The van der Waals surface area contributed by atoms with Crippen LogP contribution in [0.4, 0.5) is 0 Å². The predicted octanol–water partition coefficient (Wildman–Crippen LogP) is 6.04. The predicted molar refractivity (Wildman–Crippen MR) is 103 cm³/mol. The summed E-state index contributed by atoms with van der Waals surface area (Å²) in [6.45, 7) is 4.07. The zero-order chi connectivity index (χ0) is 18.8. The summed E-state index contributed by atoms with van der Waals surface area (Å²) < 4.78 is 5.19. The molecule has 0 saturated heterocycles. The van der Waals surface area contributed by atoms with Gasteiger partial charge in [0.25, 0.3) is 0 Å². The summed E-state index contributed by atoms with van der Waals surface area (Å²) in [6.07, 6.45) is 18.1. The number of carboxylic acids is 1. The van der Waals surface area contributed by atoms with Crippen LogP contribution in [0.5, 0.6) is 0 Å². The Morgan fingerprint density at radius 3 is 2.00 bits per heavy atom. The molecular weight excluding hydrogens is 316 g/mol. The number of unbranched alkanes of at least 4 members (excludes halogenated alkanes) is 9. The molecule has 0 aromatic carbocycles. The van der Waals surface area contributed by atoms with Crippen molar-refractivity contribution in [3.05, 3.63) is 12.2 Å². The van der Waals surface area contributed by atoms with Crippen LogP contribution in [-0.4, -0.2) is 23.1 Å². The summed E-state index contributed by atoms with van der Waals surface area (Å²) in [7, 11) is 0. The largest absolute Gasteiger partial charge is 0.481 e. The first-order valence-electron chi connectivity index (χ1n) is 10.2. The monoisotopic (exact) mass is 354 g/mol. The Morgan fingerprint density at radius 2 is 1.44 bits per heavy atom. The molecule has 0 aliphatic rings. The fourth-order valence-electron chi connectivity index (χ4n) is 2.70. The Bertz CT molecular complexity index is 363. The molecule has 4 heteroatoms. The van der Waals surface area contributed by atoms with Crippen LogP contribution < -0.4 is 0 Å². The second-order valence-corrected chi connectivity index (χ2v) is 6.75. The number of allylic oxidation sites excluding steroid dienone is 2. The molecule has 0 saturated carbocycles. The lowest BCUT2D eigenvalue weighted by Gasteiger charge is -2.13. The van der Waals surface area contributed by atoms with E-state index in [0.29, 0.717) is 12.8 Å². The first-order valence-corrected chi connectivity index (χ1v) is 10.2. The van der Waals surface area contributed by atoms with Crippen LogP contribution in [0.3, 0.4) is 0 Å². The third-order valence-corrected chi connectivity index (χ3v) is 4.30. The lowest BCUT2D eigenvalue weighted by Crippen LogP contribution is -2.20. The minimum absolute atomic E-state index is 0.103. The molecule has 0 spiro atoms. The number of esters is 1. The molecule has 1 unspecified atom stereocenters. The van der Waals surface area contributed by atoms with E-state index in [4.69, 9.17) is 9.84 Å². The number of aliphatic carboxylic acids is 1. The van der Waals surface area contributed by atoms with Crippen LogP contribution in [0.15, 0.2) is 12.2 Å². The highest BCUT2D eigenvalue weighted by Gasteiger charge is 2.15. The summed E-state index contributed by atoms with van der Waals surface area (Å²) >= 11 is 0. The Kier molecular flexibility index (Phi) is 16.6. The maximum Gasteiger partial charge on any atom is 0.307 e. The highest BCUT2D eigenvalue weighted by Crippen LogP contribution is 2.11. The fourth-order valence-corrected chi connectivity index (χ4v) is 2.70. The molecule has 0 aromatic heterocycles. The maximum atomic E-state index is 11.7. The number of rotatable bonds is 17. The van der Waals surface area contributed by atoms with Gasteiger partial charge in [0, 0.05) is 6.42 Å². The minimum atomic E-state index is -0.922. The van der Waals surface area contributed by atoms with Crippen molar-refractivity contribution in [1.82, 2.24) is 0 Å². The van der Waals surface area contributed by atoms with E-state index in [1.807, 2.05) is 6.92 Å². The Morgan fingerprint density at radius 1 is 0.880 bits per heavy atom. The zero-order valence-electron chi connectivity index (χ0n) is 16.3. The van der Waals surface area contributed by atoms with E-state index >= 15 is 0 Å². The molecule has 1 atom stereocenters. The van der Waals surface area contributed by atoms with E-state index in [-0.39, 0.29) is 12.4 Å². The van der Waals surface area contributed by atoms with Crippen LogP contribution in [0.2, 0.25) is 0 Å². The van der Waals surface area contributed by atoms with Crippen molar-refractivity contribution in [3.63, 3.8) is 0 Å². The second-order valence-electron chi connectivity index (χ2n) is 6.75. The molecular formula is C21H38O4. The molecule has 0 aliphatic heterocycles. The summed E-state index contributed by atoms with van der Waals surface area (Å²) in [5.41, 5.74) is 0. The molecule has 0 amide bonds. The van der Waals surface area contributed by atoms with Crippen molar-refractivity contribution >= 4 is 11.9 Å². The molecule has 1 N–H and O–H groups in total. The third kappa shape index (κ3) is 17.3. The van der Waals surface area contributed by atoms with Crippen LogP contribution in [0.1, 0.15) is 104 Å². The number of carboxylic acid groups (broad SMARTS) is 1. The second kappa shape index (κ2) is 17.5. The molecule has 0 aliphatic carbocycles. The van der Waals surface area contributed by atoms with Gasteiger partial charge < -0.3 is 9.84 Å². The molecule has 0 heterocycles. The molecule has 0 bridgehead atoms. The van der Waals surface area contributed by atoms with Gasteiger partial charge in [-0.1, -0.05) is 64.5 Å². The van der Waals surface area contributed by atoms with E-state index in [9.17, 15) is 9.59 Å². The fraction of sp³-hybridized carbons (Fsp3) is 0.810. The highest BCUT2D eigenvalue weighted by atomic mass is 16.5. The smallest absolute Gasteiger partial charge is 0.307 e. The van der Waals surface area contributed by atoms with Gasteiger partial charge in [0.15, 0.2) is 0 Å². The van der Waals surface area contributed by atoms with Gasteiger partial charge in [0.05, 0.1) is 6.42 Å². The molecule has 0 rings (SSSR count). The molecule has 0 fully saturated rings. The van der Waals surface area contributed by atoms with Crippen molar-refractivity contribution in [2.24, 2.45) is 0 Å². The number of hydrogen-bond donors (Lipinski definition) is 1. The molecule has 0 radical (unpaired) electrons. The van der Waals surface area contributed by atoms with E-state index in [0.717, 1.165) is 25.7 Å². The van der Waals surface area contributed by atoms with Crippen LogP contribution in [-0.2, 0) is 14.3 Å². The van der Waals surface area contributed by atoms with Gasteiger partial charge in [-0.25, -0.2) is 0 Å². The summed E-state index contributed by atoms with van der Waals surface area (Å²) in [5.74, 6) is -1.19. The SMILES string of the molecule is CCCCCC/C=C\CCCCCCCC(=O)OC(CC)CC(=O)O. The third-order valence-electron chi connectivity index (χ3n) is 4.30. The quantitative estimate of drug-likeness (QED) is 0.196. The van der Waals surface area contributed by atoms with Crippen LogP contribution >= 0.6 is 0 Å².